The van der Waals surface area contributed by atoms with Crippen LogP contribution in [0.15, 0.2) is 47.5 Å². The fourth-order valence-corrected chi connectivity index (χ4v) is 2.91. The van der Waals surface area contributed by atoms with Crippen molar-refractivity contribution in [2.75, 3.05) is 24.3 Å². The van der Waals surface area contributed by atoms with Crippen LogP contribution in [0.3, 0.4) is 0 Å². The molecule has 24 heavy (non-hydrogen) atoms. The van der Waals surface area contributed by atoms with Gasteiger partial charge in [-0.15, -0.1) is 24.0 Å². The summed E-state index contributed by atoms with van der Waals surface area (Å²) < 4.78 is 0. The molecule has 0 fully saturated rings. The van der Waals surface area contributed by atoms with E-state index in [1.807, 2.05) is 14.1 Å². The Balaban J connectivity index is 0.00000208. The van der Waals surface area contributed by atoms with Crippen LogP contribution in [-0.2, 0) is 19.4 Å². The van der Waals surface area contributed by atoms with Gasteiger partial charge >= 0.3 is 0 Å². The highest BCUT2D eigenvalue weighted by molar-refractivity contribution is 14.0. The minimum atomic E-state index is 0. The first-order valence-corrected chi connectivity index (χ1v) is 8.07. The Morgan fingerprint density at radius 2 is 1.79 bits per heavy atom. The molecule has 3 rings (SSSR count). The monoisotopic (exact) mass is 436 g/mol. The maximum absolute atomic E-state index is 6.01. The van der Waals surface area contributed by atoms with Gasteiger partial charge in [0.15, 0.2) is 5.96 Å². The van der Waals surface area contributed by atoms with Gasteiger partial charge in [-0.2, -0.15) is 0 Å². The largest absolute Gasteiger partial charge is 0.378 e. The summed E-state index contributed by atoms with van der Waals surface area (Å²) in [7, 11) is 4.07. The first-order chi connectivity index (χ1) is 11.1. The average Bonchev–Trinajstić information content (AvgIpc) is 3.01. The number of fused-ring (bicyclic) bond motifs is 1. The average molecular weight is 436 g/mol. The molecule has 0 saturated heterocycles. The topological polar surface area (TPSA) is 53.6 Å². The van der Waals surface area contributed by atoms with E-state index < -0.39 is 0 Å². The summed E-state index contributed by atoms with van der Waals surface area (Å²) in [5, 5.41) is 3.19. The maximum atomic E-state index is 6.01. The summed E-state index contributed by atoms with van der Waals surface area (Å²) in [4.78, 5) is 6.51. The van der Waals surface area contributed by atoms with Crippen molar-refractivity contribution in [2.24, 2.45) is 10.7 Å². The lowest BCUT2D eigenvalue weighted by Gasteiger charge is -2.12. The zero-order valence-electron chi connectivity index (χ0n) is 14.2. The molecule has 0 spiro atoms. The van der Waals surface area contributed by atoms with Crippen LogP contribution in [0.1, 0.15) is 23.1 Å². The number of guanidine groups is 1. The van der Waals surface area contributed by atoms with E-state index in [-0.39, 0.29) is 24.0 Å². The van der Waals surface area contributed by atoms with E-state index in [0.29, 0.717) is 12.5 Å². The highest BCUT2D eigenvalue weighted by Crippen LogP contribution is 2.24. The summed E-state index contributed by atoms with van der Waals surface area (Å²) in [6.45, 7) is 0.581. The first kappa shape index (κ1) is 18.6. The van der Waals surface area contributed by atoms with Crippen LogP contribution in [0.5, 0.6) is 0 Å². The molecule has 0 aromatic heterocycles. The lowest BCUT2D eigenvalue weighted by molar-refractivity contribution is 0.912. The van der Waals surface area contributed by atoms with Crippen molar-refractivity contribution in [3.05, 3.63) is 59.2 Å². The molecule has 4 nitrogen and oxygen atoms in total. The van der Waals surface area contributed by atoms with Crippen molar-refractivity contribution in [3.8, 4) is 0 Å². The minimum absolute atomic E-state index is 0. The molecule has 1 aliphatic carbocycles. The van der Waals surface area contributed by atoms with Crippen LogP contribution in [0, 0.1) is 0 Å². The number of nitrogens with zero attached hydrogens (tertiary/aromatic N) is 2. The standard InChI is InChI=1S/C19H24N4.HI/c1-23(2)18-10-6-14(7-11-18)13-21-19(20)22-17-9-8-15-4-3-5-16(15)12-17;/h6-12H,3-5,13H2,1-2H3,(H3,20,21,22);1H. The van der Waals surface area contributed by atoms with Crippen molar-refractivity contribution in [1.29, 1.82) is 0 Å². The maximum Gasteiger partial charge on any atom is 0.193 e. The molecule has 0 radical (unpaired) electrons. The number of hydrogen-bond acceptors (Lipinski definition) is 2. The van der Waals surface area contributed by atoms with E-state index >= 15 is 0 Å². The highest BCUT2D eigenvalue weighted by Gasteiger charge is 2.10. The molecule has 0 unspecified atom stereocenters. The number of halogens is 1. The number of anilines is 2. The molecule has 0 heterocycles. The van der Waals surface area contributed by atoms with Gasteiger partial charge in [-0.05, 0) is 60.2 Å². The van der Waals surface area contributed by atoms with Crippen molar-refractivity contribution in [3.63, 3.8) is 0 Å². The molecule has 5 heteroatoms. The van der Waals surface area contributed by atoms with Gasteiger partial charge in [0.1, 0.15) is 0 Å². The quantitative estimate of drug-likeness (QED) is 0.436. The minimum Gasteiger partial charge on any atom is -0.378 e. The second-order valence-electron chi connectivity index (χ2n) is 6.22. The molecule has 0 atom stereocenters. The van der Waals surface area contributed by atoms with Crippen LogP contribution in [0.25, 0.3) is 0 Å². The van der Waals surface area contributed by atoms with E-state index in [2.05, 4.69) is 57.7 Å². The fraction of sp³-hybridized carbons (Fsp3) is 0.316. The van der Waals surface area contributed by atoms with E-state index in [1.54, 1.807) is 0 Å². The summed E-state index contributed by atoms with van der Waals surface area (Å²) in [6, 6.07) is 14.8. The molecule has 0 amide bonds. The summed E-state index contributed by atoms with van der Waals surface area (Å²) in [5.41, 5.74) is 12.3. The number of aliphatic imine (C=N–C) groups is 1. The zero-order chi connectivity index (χ0) is 16.2. The Bertz CT molecular complexity index is 708. The Kier molecular flexibility index (Phi) is 6.48. The summed E-state index contributed by atoms with van der Waals surface area (Å²) in [6.07, 6.45) is 3.62. The van der Waals surface area contributed by atoms with Crippen LogP contribution in [0.4, 0.5) is 11.4 Å². The second kappa shape index (κ2) is 8.37. The number of benzene rings is 2. The van der Waals surface area contributed by atoms with Gasteiger partial charge in [0, 0.05) is 25.5 Å². The molecule has 2 aromatic carbocycles. The Morgan fingerprint density at radius 1 is 1.08 bits per heavy atom. The van der Waals surface area contributed by atoms with Crippen LogP contribution in [0.2, 0.25) is 0 Å². The number of nitrogens with two attached hydrogens (primary N) is 1. The van der Waals surface area contributed by atoms with Gasteiger partial charge in [-0.3, -0.25) is 0 Å². The van der Waals surface area contributed by atoms with Crippen LogP contribution < -0.4 is 16.0 Å². The van der Waals surface area contributed by atoms with E-state index in [4.69, 9.17) is 5.73 Å². The predicted octanol–water partition coefficient (Wildman–Crippen LogP) is 3.79. The molecule has 128 valence electrons. The molecular formula is C19H25IN4. The van der Waals surface area contributed by atoms with E-state index in [0.717, 1.165) is 11.3 Å². The summed E-state index contributed by atoms with van der Waals surface area (Å²) in [5.74, 6) is 0.458. The number of rotatable bonds is 4. The molecule has 0 aliphatic heterocycles. The molecule has 3 N–H and O–H groups in total. The fourth-order valence-electron chi connectivity index (χ4n) is 2.91. The van der Waals surface area contributed by atoms with Crippen LogP contribution in [-0.4, -0.2) is 20.1 Å². The third-order valence-electron chi connectivity index (χ3n) is 4.26. The Hall–Kier alpha value is -1.76. The lowest BCUT2D eigenvalue weighted by atomic mass is 10.1. The molecular weight excluding hydrogens is 411 g/mol. The normalized spacial score (nSPS) is 13.2. The van der Waals surface area contributed by atoms with Crippen molar-refractivity contribution >= 4 is 41.3 Å². The van der Waals surface area contributed by atoms with E-state index in [1.165, 1.54) is 36.1 Å². The van der Waals surface area contributed by atoms with E-state index in [9.17, 15) is 0 Å². The summed E-state index contributed by atoms with van der Waals surface area (Å²) >= 11 is 0. The Labute approximate surface area is 161 Å². The van der Waals surface area contributed by atoms with Gasteiger partial charge in [0.25, 0.3) is 0 Å². The lowest BCUT2D eigenvalue weighted by Crippen LogP contribution is -2.22. The van der Waals surface area contributed by atoms with Crippen molar-refractivity contribution < 1.29 is 0 Å². The first-order valence-electron chi connectivity index (χ1n) is 8.07. The smallest absolute Gasteiger partial charge is 0.193 e. The van der Waals surface area contributed by atoms with Crippen LogP contribution >= 0.6 is 24.0 Å². The molecule has 0 saturated carbocycles. The number of hydrogen-bond donors (Lipinski definition) is 2. The zero-order valence-corrected chi connectivity index (χ0v) is 16.6. The molecule has 1 aliphatic rings. The Morgan fingerprint density at radius 3 is 2.50 bits per heavy atom. The van der Waals surface area contributed by atoms with Gasteiger partial charge in [-0.25, -0.2) is 4.99 Å². The predicted molar refractivity (Wildman–Crippen MR) is 114 cm³/mol. The highest BCUT2D eigenvalue weighted by atomic mass is 127. The van der Waals surface area contributed by atoms with Gasteiger partial charge in [0.05, 0.1) is 6.54 Å². The van der Waals surface area contributed by atoms with Gasteiger partial charge in [0.2, 0.25) is 0 Å². The SMILES string of the molecule is CN(C)c1ccc(CN=C(N)Nc2ccc3c(c2)CCC3)cc1.I. The second-order valence-corrected chi connectivity index (χ2v) is 6.22. The number of nitrogens with one attached hydrogen (secondary N) is 1. The van der Waals surface area contributed by atoms with Gasteiger partial charge in [-0.1, -0.05) is 18.2 Å². The third kappa shape index (κ3) is 4.63. The third-order valence-corrected chi connectivity index (χ3v) is 4.26. The van der Waals surface area contributed by atoms with Crippen molar-refractivity contribution in [1.82, 2.24) is 0 Å². The number of aryl methyl sites for hydroxylation is 2. The molecule has 0 bridgehead atoms. The van der Waals surface area contributed by atoms with Gasteiger partial charge < -0.3 is 16.0 Å². The van der Waals surface area contributed by atoms with Crippen molar-refractivity contribution in [2.45, 2.75) is 25.8 Å². The molecule has 2 aromatic rings.